The maximum Gasteiger partial charge on any atom is 0.273 e. The highest BCUT2D eigenvalue weighted by Gasteiger charge is 2.36. The van der Waals surface area contributed by atoms with Gasteiger partial charge in [0.05, 0.1) is 12.3 Å². The Hall–Kier alpha value is -3.83. The molecule has 184 valence electrons. The van der Waals surface area contributed by atoms with Crippen LogP contribution in [0.1, 0.15) is 42.9 Å². The highest BCUT2D eigenvalue weighted by molar-refractivity contribution is 7.09. The topological polar surface area (TPSA) is 141 Å². The van der Waals surface area contributed by atoms with Crippen LogP contribution in [0, 0.1) is 19.7 Å². The fourth-order valence-corrected chi connectivity index (χ4v) is 4.28. The van der Waals surface area contributed by atoms with E-state index in [1.807, 2.05) is 19.9 Å². The number of nitrogens with one attached hydrogen (secondary N) is 1. The molecule has 11 heteroatoms. The molecular formula is C24H26FN5O4S. The van der Waals surface area contributed by atoms with Gasteiger partial charge in [0.15, 0.2) is 5.69 Å². The van der Waals surface area contributed by atoms with Gasteiger partial charge in [-0.05, 0) is 60.3 Å². The molecule has 3 amide bonds. The summed E-state index contributed by atoms with van der Waals surface area (Å²) in [5.41, 5.74) is 13.4. The van der Waals surface area contributed by atoms with E-state index in [0.717, 1.165) is 11.1 Å². The number of nitrogen functional groups attached to an aromatic ring is 1. The summed E-state index contributed by atoms with van der Waals surface area (Å²) in [6, 6.07) is 9.43. The third-order valence-corrected chi connectivity index (χ3v) is 6.36. The zero-order valence-corrected chi connectivity index (χ0v) is 20.3. The Kier molecular flexibility index (Phi) is 8.15. The predicted molar refractivity (Wildman–Crippen MR) is 132 cm³/mol. The zero-order chi connectivity index (χ0) is 25.7. The van der Waals surface area contributed by atoms with Crippen molar-refractivity contribution < 1.29 is 23.5 Å². The molecule has 0 saturated carbocycles. The van der Waals surface area contributed by atoms with E-state index in [0.29, 0.717) is 22.8 Å². The number of carbonyl (C=O) groups is 3. The molecule has 0 saturated heterocycles. The first kappa shape index (κ1) is 25.8. The van der Waals surface area contributed by atoms with Gasteiger partial charge in [-0.25, -0.2) is 4.39 Å². The number of primary amides is 1. The molecule has 0 aliphatic carbocycles. The lowest BCUT2D eigenvalue weighted by Gasteiger charge is -2.32. The summed E-state index contributed by atoms with van der Waals surface area (Å²) in [6.45, 7) is 4.14. The molecule has 0 radical (unpaired) electrons. The van der Waals surface area contributed by atoms with Gasteiger partial charge in [0.2, 0.25) is 5.91 Å². The van der Waals surface area contributed by atoms with Gasteiger partial charge in [0, 0.05) is 19.3 Å². The monoisotopic (exact) mass is 499 g/mol. The number of hydrogen-bond acceptors (Lipinski definition) is 7. The second kappa shape index (κ2) is 11.1. The number of nitrogens with two attached hydrogens (primary N) is 2. The van der Waals surface area contributed by atoms with Crippen molar-refractivity contribution in [2.24, 2.45) is 5.73 Å². The van der Waals surface area contributed by atoms with Gasteiger partial charge < -0.3 is 21.5 Å². The maximum atomic E-state index is 14.0. The standard InChI is InChI=1S/C24H26FN5O4S/c1-13-5-4-6-17(14(13)2)30(24(33)21-18(26)19(22(27)31)29-35-21)20(23(32)28-11-12-34-3)15-7-9-16(25)10-8-15/h4-10,20H,11-12,26H2,1-3H3,(H2,27,31)(H,28,32)/t20-/m1/s1. The lowest BCUT2D eigenvalue weighted by molar-refractivity contribution is -0.122. The van der Waals surface area contributed by atoms with Crippen LogP contribution < -0.4 is 21.7 Å². The van der Waals surface area contributed by atoms with E-state index in [-0.39, 0.29) is 29.4 Å². The van der Waals surface area contributed by atoms with Crippen molar-refractivity contribution in [1.82, 2.24) is 9.69 Å². The molecule has 0 spiro atoms. The Morgan fingerprint density at radius 3 is 2.46 bits per heavy atom. The van der Waals surface area contributed by atoms with Crippen LogP contribution in [-0.4, -0.2) is 42.4 Å². The van der Waals surface area contributed by atoms with Gasteiger partial charge in [0.1, 0.15) is 16.7 Å². The summed E-state index contributed by atoms with van der Waals surface area (Å²) in [7, 11) is 1.50. The number of aryl methyl sites for hydroxylation is 1. The normalized spacial score (nSPS) is 11.7. The molecule has 3 rings (SSSR count). The molecule has 1 aromatic heterocycles. The van der Waals surface area contributed by atoms with Gasteiger partial charge in [-0.15, -0.1) is 0 Å². The first-order valence-corrected chi connectivity index (χ1v) is 11.4. The highest BCUT2D eigenvalue weighted by atomic mass is 32.1. The molecule has 0 aliphatic rings. The van der Waals surface area contributed by atoms with Crippen molar-refractivity contribution in [1.29, 1.82) is 0 Å². The molecule has 9 nitrogen and oxygen atoms in total. The van der Waals surface area contributed by atoms with Crippen molar-refractivity contribution in [3.05, 3.63) is 75.5 Å². The SMILES string of the molecule is COCCNC(=O)[C@@H](c1ccc(F)cc1)N(C(=O)c1snc(C(N)=O)c1N)c1cccc(C)c1C. The number of halogens is 1. The smallest absolute Gasteiger partial charge is 0.273 e. The fourth-order valence-electron chi connectivity index (χ4n) is 3.54. The first-order valence-electron chi connectivity index (χ1n) is 10.6. The molecular weight excluding hydrogens is 473 g/mol. The molecule has 1 heterocycles. The highest BCUT2D eigenvalue weighted by Crippen LogP contribution is 2.35. The number of ether oxygens (including phenoxy) is 1. The van der Waals surface area contributed by atoms with Crippen molar-refractivity contribution >= 4 is 40.6 Å². The summed E-state index contributed by atoms with van der Waals surface area (Å²) >= 11 is 0.715. The number of methoxy groups -OCH3 is 1. The van der Waals surface area contributed by atoms with Crippen LogP contribution in [0.2, 0.25) is 0 Å². The second-order valence-electron chi connectivity index (χ2n) is 7.77. The van der Waals surface area contributed by atoms with Gasteiger partial charge in [0.25, 0.3) is 11.8 Å². The zero-order valence-electron chi connectivity index (χ0n) is 19.5. The third-order valence-electron chi connectivity index (χ3n) is 5.51. The van der Waals surface area contributed by atoms with Crippen molar-refractivity contribution in [2.45, 2.75) is 19.9 Å². The van der Waals surface area contributed by atoms with Crippen molar-refractivity contribution in [3.8, 4) is 0 Å². The van der Waals surface area contributed by atoms with Crippen molar-refractivity contribution in [2.75, 3.05) is 30.9 Å². The lowest BCUT2D eigenvalue weighted by Crippen LogP contribution is -2.45. The molecule has 0 aliphatic heterocycles. The number of anilines is 2. The lowest BCUT2D eigenvalue weighted by atomic mass is 10.00. The Balaban J connectivity index is 2.23. The molecule has 3 aromatic rings. The maximum absolute atomic E-state index is 14.0. The summed E-state index contributed by atoms with van der Waals surface area (Å²) in [4.78, 5) is 40.4. The van der Waals surface area contributed by atoms with E-state index < -0.39 is 29.6 Å². The van der Waals surface area contributed by atoms with E-state index in [4.69, 9.17) is 16.2 Å². The van der Waals surface area contributed by atoms with Crippen LogP contribution in [0.5, 0.6) is 0 Å². The van der Waals surface area contributed by atoms with Crippen LogP contribution in [0.4, 0.5) is 15.8 Å². The third kappa shape index (κ3) is 5.47. The summed E-state index contributed by atoms with van der Waals surface area (Å²) < 4.78 is 22.7. The Labute approximate surface area is 206 Å². The van der Waals surface area contributed by atoms with E-state index in [1.165, 1.54) is 36.3 Å². The Bertz CT molecular complexity index is 1250. The average molecular weight is 500 g/mol. The molecule has 2 aromatic carbocycles. The summed E-state index contributed by atoms with van der Waals surface area (Å²) in [5.74, 6) is -2.53. The minimum absolute atomic E-state index is 0.0449. The first-order chi connectivity index (χ1) is 16.7. The molecule has 0 fully saturated rings. The average Bonchev–Trinajstić information content (AvgIpc) is 3.21. The number of nitrogens with zero attached hydrogens (tertiary/aromatic N) is 2. The van der Waals surface area contributed by atoms with Gasteiger partial charge >= 0.3 is 0 Å². The number of rotatable bonds is 9. The molecule has 0 bridgehead atoms. The number of benzene rings is 2. The van der Waals surface area contributed by atoms with Gasteiger partial charge in [-0.3, -0.25) is 19.3 Å². The minimum Gasteiger partial charge on any atom is -0.395 e. The van der Waals surface area contributed by atoms with Crippen LogP contribution >= 0.6 is 11.5 Å². The van der Waals surface area contributed by atoms with Crippen molar-refractivity contribution in [3.63, 3.8) is 0 Å². The molecule has 35 heavy (non-hydrogen) atoms. The molecule has 0 unspecified atom stereocenters. The van der Waals surface area contributed by atoms with Crippen LogP contribution in [0.25, 0.3) is 0 Å². The molecule has 1 atom stereocenters. The van der Waals surface area contributed by atoms with E-state index >= 15 is 0 Å². The van der Waals surface area contributed by atoms with Gasteiger partial charge in [-0.1, -0.05) is 24.3 Å². The number of amides is 3. The predicted octanol–water partition coefficient (Wildman–Crippen LogP) is 2.73. The van der Waals surface area contributed by atoms with Crippen LogP contribution in [0.3, 0.4) is 0 Å². The quantitative estimate of drug-likeness (QED) is 0.387. The fraction of sp³-hybridized carbons (Fsp3) is 0.250. The largest absolute Gasteiger partial charge is 0.395 e. The van der Waals surface area contributed by atoms with Gasteiger partial charge in [-0.2, -0.15) is 4.37 Å². The molecule has 5 N–H and O–H groups in total. The van der Waals surface area contributed by atoms with Crippen LogP contribution in [-0.2, 0) is 9.53 Å². The minimum atomic E-state index is -1.20. The van der Waals surface area contributed by atoms with E-state index in [9.17, 15) is 18.8 Å². The Morgan fingerprint density at radius 1 is 1.17 bits per heavy atom. The summed E-state index contributed by atoms with van der Waals surface area (Å²) in [5, 5.41) is 2.76. The summed E-state index contributed by atoms with van der Waals surface area (Å²) in [6.07, 6.45) is 0. The van der Waals surface area contributed by atoms with E-state index in [2.05, 4.69) is 9.69 Å². The Morgan fingerprint density at radius 2 is 1.86 bits per heavy atom. The van der Waals surface area contributed by atoms with Crippen LogP contribution in [0.15, 0.2) is 42.5 Å². The number of aromatic nitrogens is 1. The number of carbonyl (C=O) groups excluding carboxylic acids is 3. The second-order valence-corrected chi connectivity index (χ2v) is 8.54. The number of hydrogen-bond donors (Lipinski definition) is 3. The van der Waals surface area contributed by atoms with E-state index in [1.54, 1.807) is 12.1 Å².